The van der Waals surface area contributed by atoms with Crippen molar-refractivity contribution in [1.29, 1.82) is 0 Å². The van der Waals surface area contributed by atoms with E-state index in [1.54, 1.807) is 6.20 Å². The predicted molar refractivity (Wildman–Crippen MR) is 71.5 cm³/mol. The number of aromatic nitrogens is 5. The second-order valence-electron chi connectivity index (χ2n) is 3.72. The van der Waals surface area contributed by atoms with Crippen LogP contribution >= 0.6 is 15.9 Å². The zero-order valence-corrected chi connectivity index (χ0v) is 10.8. The van der Waals surface area contributed by atoms with Crippen molar-refractivity contribution in [2.75, 3.05) is 5.73 Å². The fourth-order valence-corrected chi connectivity index (χ4v) is 2.20. The maximum atomic E-state index is 5.91. The topological polar surface area (TPSA) is 96.3 Å². The van der Waals surface area contributed by atoms with Gasteiger partial charge in [0.2, 0.25) is 0 Å². The number of nitrogens with zero attached hydrogens (tertiary/aromatic N) is 3. The molecule has 0 spiro atoms. The van der Waals surface area contributed by atoms with Gasteiger partial charge in [-0.25, -0.2) is 0 Å². The Hall–Kier alpha value is -2.15. The van der Waals surface area contributed by atoms with E-state index in [2.05, 4.69) is 41.5 Å². The maximum absolute atomic E-state index is 5.91. The smallest absolute Gasteiger partial charge is 0.153 e. The Balaban J connectivity index is 2.20. The molecule has 0 saturated heterocycles. The minimum Gasteiger partial charge on any atom is -0.382 e. The predicted octanol–water partition coefficient (Wildman–Crippen LogP) is 2.21. The number of nitrogens with two attached hydrogens (primary N) is 1. The SMILES string of the molecule is Nc1n[nH]c(-c2cn[nH]n2)c1-c1cccc(Br)c1. The Morgan fingerprint density at radius 3 is 2.83 bits per heavy atom. The molecule has 0 unspecified atom stereocenters. The molecule has 3 rings (SSSR count). The van der Waals surface area contributed by atoms with E-state index in [1.807, 2.05) is 24.3 Å². The highest BCUT2D eigenvalue weighted by Crippen LogP contribution is 2.34. The highest BCUT2D eigenvalue weighted by molar-refractivity contribution is 9.10. The van der Waals surface area contributed by atoms with Gasteiger partial charge in [0.25, 0.3) is 0 Å². The van der Waals surface area contributed by atoms with E-state index in [4.69, 9.17) is 5.73 Å². The van der Waals surface area contributed by atoms with Crippen LogP contribution < -0.4 is 5.73 Å². The van der Waals surface area contributed by atoms with E-state index < -0.39 is 0 Å². The molecule has 7 heteroatoms. The summed E-state index contributed by atoms with van der Waals surface area (Å²) in [5.41, 5.74) is 9.13. The van der Waals surface area contributed by atoms with Gasteiger partial charge in [-0.3, -0.25) is 5.10 Å². The molecule has 0 bridgehead atoms. The number of hydrogen-bond acceptors (Lipinski definition) is 4. The molecule has 2 aromatic heterocycles. The van der Waals surface area contributed by atoms with Crippen molar-refractivity contribution in [3.05, 3.63) is 34.9 Å². The lowest BCUT2D eigenvalue weighted by Gasteiger charge is -2.02. The second kappa shape index (κ2) is 4.26. The summed E-state index contributed by atoms with van der Waals surface area (Å²) in [7, 11) is 0. The Kier molecular flexibility index (Phi) is 2.60. The number of benzene rings is 1. The zero-order chi connectivity index (χ0) is 12.5. The standard InChI is InChI=1S/C11H9BrN6/c12-7-3-1-2-6(4-7)9-10(16-17-11(9)13)8-5-14-18-15-8/h1-5H,(H3,13,16,17)(H,14,15,18). The van der Waals surface area contributed by atoms with Gasteiger partial charge in [-0.1, -0.05) is 28.1 Å². The monoisotopic (exact) mass is 304 g/mol. The molecular formula is C11H9BrN6. The first-order valence-corrected chi connectivity index (χ1v) is 6.01. The number of anilines is 1. The summed E-state index contributed by atoms with van der Waals surface area (Å²) >= 11 is 3.44. The third-order valence-corrected chi connectivity index (χ3v) is 3.07. The number of aromatic amines is 2. The number of halogens is 1. The van der Waals surface area contributed by atoms with Crippen LogP contribution in [0, 0.1) is 0 Å². The minimum absolute atomic E-state index is 0.436. The summed E-state index contributed by atoms with van der Waals surface area (Å²) < 4.78 is 0.978. The first kappa shape index (κ1) is 11.0. The Bertz CT molecular complexity index is 673. The molecule has 0 aliphatic heterocycles. The number of nitrogens with one attached hydrogen (secondary N) is 2. The Morgan fingerprint density at radius 2 is 2.11 bits per heavy atom. The molecule has 3 aromatic rings. The quantitative estimate of drug-likeness (QED) is 0.676. The number of hydrogen-bond donors (Lipinski definition) is 3. The molecule has 18 heavy (non-hydrogen) atoms. The second-order valence-corrected chi connectivity index (χ2v) is 4.64. The van der Waals surface area contributed by atoms with Crippen molar-refractivity contribution in [3.8, 4) is 22.5 Å². The van der Waals surface area contributed by atoms with Crippen molar-refractivity contribution in [1.82, 2.24) is 25.6 Å². The van der Waals surface area contributed by atoms with Gasteiger partial charge in [-0.15, -0.1) is 0 Å². The van der Waals surface area contributed by atoms with Crippen molar-refractivity contribution in [2.45, 2.75) is 0 Å². The van der Waals surface area contributed by atoms with Gasteiger partial charge < -0.3 is 5.73 Å². The van der Waals surface area contributed by atoms with Crippen molar-refractivity contribution >= 4 is 21.7 Å². The number of rotatable bonds is 2. The molecule has 1 aromatic carbocycles. The molecule has 0 aliphatic carbocycles. The maximum Gasteiger partial charge on any atom is 0.153 e. The molecule has 0 aliphatic rings. The molecule has 0 fully saturated rings. The van der Waals surface area contributed by atoms with Crippen LogP contribution in [0.3, 0.4) is 0 Å². The first-order valence-electron chi connectivity index (χ1n) is 5.21. The fraction of sp³-hybridized carbons (Fsp3) is 0. The zero-order valence-electron chi connectivity index (χ0n) is 9.18. The molecular weight excluding hydrogens is 296 g/mol. The number of nitrogen functional groups attached to an aromatic ring is 1. The third kappa shape index (κ3) is 1.78. The fourth-order valence-electron chi connectivity index (χ4n) is 1.80. The highest BCUT2D eigenvalue weighted by Gasteiger charge is 2.16. The average Bonchev–Trinajstić information content (AvgIpc) is 2.97. The van der Waals surface area contributed by atoms with E-state index in [0.717, 1.165) is 21.3 Å². The van der Waals surface area contributed by atoms with Gasteiger partial charge in [0.05, 0.1) is 17.5 Å². The van der Waals surface area contributed by atoms with Gasteiger partial charge >= 0.3 is 0 Å². The lowest BCUT2D eigenvalue weighted by Crippen LogP contribution is -1.89. The van der Waals surface area contributed by atoms with Crippen molar-refractivity contribution < 1.29 is 0 Å². The summed E-state index contributed by atoms with van der Waals surface area (Å²) in [4.78, 5) is 0. The molecule has 0 amide bonds. The van der Waals surface area contributed by atoms with Gasteiger partial charge in [0.1, 0.15) is 5.69 Å². The Labute approximate surface area is 111 Å². The molecule has 0 radical (unpaired) electrons. The molecule has 6 nitrogen and oxygen atoms in total. The molecule has 0 atom stereocenters. The normalized spacial score (nSPS) is 10.7. The summed E-state index contributed by atoms with van der Waals surface area (Å²) in [5.74, 6) is 0.436. The molecule has 0 saturated carbocycles. The largest absolute Gasteiger partial charge is 0.382 e. The van der Waals surface area contributed by atoms with Crippen LogP contribution in [0.15, 0.2) is 34.9 Å². The van der Waals surface area contributed by atoms with Crippen LogP contribution in [-0.2, 0) is 0 Å². The lowest BCUT2D eigenvalue weighted by atomic mass is 10.0. The van der Waals surface area contributed by atoms with Gasteiger partial charge in [0.15, 0.2) is 5.82 Å². The van der Waals surface area contributed by atoms with Gasteiger partial charge in [-0.2, -0.15) is 20.5 Å². The molecule has 2 heterocycles. The van der Waals surface area contributed by atoms with Crippen LogP contribution in [0.5, 0.6) is 0 Å². The molecule has 4 N–H and O–H groups in total. The van der Waals surface area contributed by atoms with Crippen LogP contribution in [-0.4, -0.2) is 25.6 Å². The Morgan fingerprint density at radius 1 is 1.22 bits per heavy atom. The first-order chi connectivity index (χ1) is 8.75. The third-order valence-electron chi connectivity index (χ3n) is 2.58. The van der Waals surface area contributed by atoms with Crippen LogP contribution in [0.1, 0.15) is 0 Å². The van der Waals surface area contributed by atoms with Crippen molar-refractivity contribution in [2.24, 2.45) is 0 Å². The number of H-pyrrole nitrogens is 2. The van der Waals surface area contributed by atoms with E-state index in [0.29, 0.717) is 11.5 Å². The highest BCUT2D eigenvalue weighted by atomic mass is 79.9. The molecule has 90 valence electrons. The van der Waals surface area contributed by atoms with E-state index in [-0.39, 0.29) is 0 Å². The van der Waals surface area contributed by atoms with Gasteiger partial charge in [0, 0.05) is 4.47 Å². The van der Waals surface area contributed by atoms with Crippen LogP contribution in [0.25, 0.3) is 22.5 Å². The summed E-state index contributed by atoms with van der Waals surface area (Å²) in [6.45, 7) is 0. The summed E-state index contributed by atoms with van der Waals surface area (Å²) in [6, 6.07) is 7.84. The van der Waals surface area contributed by atoms with Gasteiger partial charge in [-0.05, 0) is 17.7 Å². The average molecular weight is 305 g/mol. The van der Waals surface area contributed by atoms with E-state index in [9.17, 15) is 0 Å². The van der Waals surface area contributed by atoms with E-state index >= 15 is 0 Å². The van der Waals surface area contributed by atoms with Crippen LogP contribution in [0.2, 0.25) is 0 Å². The van der Waals surface area contributed by atoms with E-state index in [1.165, 1.54) is 0 Å². The van der Waals surface area contributed by atoms with Crippen molar-refractivity contribution in [3.63, 3.8) is 0 Å². The van der Waals surface area contributed by atoms with Crippen LogP contribution in [0.4, 0.5) is 5.82 Å². The lowest BCUT2D eigenvalue weighted by molar-refractivity contribution is 0.940. The summed E-state index contributed by atoms with van der Waals surface area (Å²) in [5, 5.41) is 17.3. The minimum atomic E-state index is 0.436. The summed E-state index contributed by atoms with van der Waals surface area (Å²) in [6.07, 6.45) is 1.62.